The Kier molecular flexibility index (Phi) is 4.62. The normalized spacial score (nSPS) is 11.1. The summed E-state index contributed by atoms with van der Waals surface area (Å²) < 4.78 is 40.2. The number of nitrogens with two attached hydrogens (primary N) is 1. The van der Waals surface area contributed by atoms with Crippen LogP contribution in [-0.4, -0.2) is 27.5 Å². The van der Waals surface area contributed by atoms with Crippen LogP contribution in [0.2, 0.25) is 0 Å². The first-order valence-electron chi connectivity index (χ1n) is 5.06. The number of likely N-dealkylation sites (N-methyl/N-ethyl adjacent to an activating group) is 1. The second-order valence-corrected chi connectivity index (χ2v) is 4.94. The number of rotatable bonds is 5. The number of halogens is 1. The third-order valence-electron chi connectivity index (χ3n) is 1.96. The Morgan fingerprint density at radius 2 is 2.17 bits per heavy atom. The number of hydrogen-bond acceptors (Lipinski definition) is 4. The maximum atomic E-state index is 13.4. The molecule has 0 fully saturated rings. The van der Waals surface area contributed by atoms with Gasteiger partial charge in [-0.25, -0.2) is 17.9 Å². The topological polar surface area (TPSA) is 98.5 Å². The standard InChI is InChI=1S/C10H13FN2O4S/c1-2-13-10(14)6-17-9-4-3-7(5-8(9)11)18(12,15)16/h3-5H,2,6H2,1H3,(H,13,14)(H2,12,15,16). The molecule has 8 heteroatoms. The van der Waals surface area contributed by atoms with Gasteiger partial charge >= 0.3 is 0 Å². The van der Waals surface area contributed by atoms with E-state index in [1.165, 1.54) is 0 Å². The lowest BCUT2D eigenvalue weighted by Crippen LogP contribution is -2.28. The molecule has 0 atom stereocenters. The van der Waals surface area contributed by atoms with Gasteiger partial charge in [-0.2, -0.15) is 0 Å². The molecular formula is C10H13FN2O4S. The molecule has 1 rings (SSSR count). The summed E-state index contributed by atoms with van der Waals surface area (Å²) in [6.45, 7) is 1.83. The minimum Gasteiger partial charge on any atom is -0.481 e. The van der Waals surface area contributed by atoms with E-state index in [1.807, 2.05) is 0 Å². The Balaban J connectivity index is 2.78. The Bertz CT molecular complexity index is 545. The van der Waals surface area contributed by atoms with Gasteiger partial charge in [-0.3, -0.25) is 4.79 Å². The van der Waals surface area contributed by atoms with E-state index in [1.54, 1.807) is 6.92 Å². The Labute approximate surface area is 104 Å². The van der Waals surface area contributed by atoms with Gasteiger partial charge < -0.3 is 10.1 Å². The van der Waals surface area contributed by atoms with Crippen LogP contribution >= 0.6 is 0 Å². The molecule has 1 amide bonds. The van der Waals surface area contributed by atoms with Crippen molar-refractivity contribution in [1.82, 2.24) is 5.32 Å². The van der Waals surface area contributed by atoms with E-state index in [0.29, 0.717) is 6.54 Å². The third-order valence-corrected chi connectivity index (χ3v) is 2.88. The van der Waals surface area contributed by atoms with Gasteiger partial charge in [0.25, 0.3) is 5.91 Å². The zero-order chi connectivity index (χ0) is 13.8. The zero-order valence-electron chi connectivity index (χ0n) is 9.64. The monoisotopic (exact) mass is 276 g/mol. The fourth-order valence-electron chi connectivity index (χ4n) is 1.17. The van der Waals surface area contributed by atoms with Gasteiger partial charge in [-0.15, -0.1) is 0 Å². The highest BCUT2D eigenvalue weighted by Gasteiger charge is 2.13. The van der Waals surface area contributed by atoms with Crippen molar-refractivity contribution in [3.63, 3.8) is 0 Å². The quantitative estimate of drug-likeness (QED) is 0.790. The van der Waals surface area contributed by atoms with Crippen molar-refractivity contribution in [2.75, 3.05) is 13.2 Å². The summed E-state index contributed by atoms with van der Waals surface area (Å²) in [7, 11) is -3.96. The predicted molar refractivity (Wildman–Crippen MR) is 62.0 cm³/mol. The fourth-order valence-corrected chi connectivity index (χ4v) is 1.69. The van der Waals surface area contributed by atoms with E-state index in [9.17, 15) is 17.6 Å². The number of nitrogens with one attached hydrogen (secondary N) is 1. The minimum absolute atomic E-state index is 0.214. The first-order chi connectivity index (χ1) is 8.34. The number of hydrogen-bond donors (Lipinski definition) is 2. The molecule has 3 N–H and O–H groups in total. The van der Waals surface area contributed by atoms with Crippen molar-refractivity contribution in [2.24, 2.45) is 5.14 Å². The van der Waals surface area contributed by atoms with Crippen molar-refractivity contribution in [1.29, 1.82) is 0 Å². The maximum absolute atomic E-state index is 13.4. The van der Waals surface area contributed by atoms with Crippen LogP contribution in [0.4, 0.5) is 4.39 Å². The lowest BCUT2D eigenvalue weighted by atomic mass is 10.3. The van der Waals surface area contributed by atoms with Gasteiger partial charge in [0, 0.05) is 6.54 Å². The number of ether oxygens (including phenoxy) is 1. The molecule has 0 saturated heterocycles. The van der Waals surface area contributed by atoms with Crippen LogP contribution in [-0.2, 0) is 14.8 Å². The molecule has 0 aromatic heterocycles. The van der Waals surface area contributed by atoms with Crippen LogP contribution in [0.5, 0.6) is 5.75 Å². The van der Waals surface area contributed by atoms with E-state index in [-0.39, 0.29) is 17.3 Å². The molecule has 0 aliphatic rings. The van der Waals surface area contributed by atoms with Gasteiger partial charge in [0.15, 0.2) is 18.2 Å². The summed E-state index contributed by atoms with van der Waals surface area (Å²) in [5, 5.41) is 7.31. The molecular weight excluding hydrogens is 263 g/mol. The summed E-state index contributed by atoms with van der Waals surface area (Å²) in [5.41, 5.74) is 0. The van der Waals surface area contributed by atoms with Crippen molar-refractivity contribution in [3.05, 3.63) is 24.0 Å². The molecule has 0 radical (unpaired) electrons. The number of carbonyl (C=O) groups is 1. The Morgan fingerprint density at radius 1 is 1.50 bits per heavy atom. The van der Waals surface area contributed by atoms with Crippen LogP contribution < -0.4 is 15.2 Å². The second-order valence-electron chi connectivity index (χ2n) is 3.38. The Hall–Kier alpha value is -1.67. The summed E-state index contributed by atoms with van der Waals surface area (Å²) >= 11 is 0. The highest BCUT2D eigenvalue weighted by atomic mass is 32.2. The van der Waals surface area contributed by atoms with Crippen molar-refractivity contribution >= 4 is 15.9 Å². The van der Waals surface area contributed by atoms with Crippen LogP contribution in [0.15, 0.2) is 23.1 Å². The first-order valence-corrected chi connectivity index (χ1v) is 6.61. The lowest BCUT2D eigenvalue weighted by molar-refractivity contribution is -0.123. The van der Waals surface area contributed by atoms with E-state index < -0.39 is 21.7 Å². The highest BCUT2D eigenvalue weighted by Crippen LogP contribution is 2.20. The summed E-state index contributed by atoms with van der Waals surface area (Å²) in [6, 6.07) is 2.95. The highest BCUT2D eigenvalue weighted by molar-refractivity contribution is 7.89. The molecule has 100 valence electrons. The molecule has 1 aromatic rings. The average Bonchev–Trinajstić information content (AvgIpc) is 2.26. The molecule has 0 saturated carbocycles. The van der Waals surface area contributed by atoms with E-state index >= 15 is 0 Å². The zero-order valence-corrected chi connectivity index (χ0v) is 10.5. The number of benzene rings is 1. The second kappa shape index (κ2) is 5.78. The molecule has 0 heterocycles. The third kappa shape index (κ3) is 3.97. The molecule has 0 aliphatic heterocycles. The first kappa shape index (κ1) is 14.4. The molecule has 6 nitrogen and oxygen atoms in total. The predicted octanol–water partition coefficient (Wildman–Crippen LogP) is -0.0120. The van der Waals surface area contributed by atoms with E-state index in [4.69, 9.17) is 9.88 Å². The summed E-state index contributed by atoms with van der Waals surface area (Å²) in [4.78, 5) is 10.7. The lowest BCUT2D eigenvalue weighted by Gasteiger charge is -2.07. The number of sulfonamides is 1. The fraction of sp³-hybridized carbons (Fsp3) is 0.300. The van der Waals surface area contributed by atoms with Crippen LogP contribution in [0.3, 0.4) is 0 Å². The van der Waals surface area contributed by atoms with Crippen molar-refractivity contribution < 1.29 is 22.3 Å². The van der Waals surface area contributed by atoms with Gasteiger partial charge in [0.2, 0.25) is 10.0 Å². The SMILES string of the molecule is CCNC(=O)COc1ccc(S(N)(=O)=O)cc1F. The summed E-state index contributed by atoms with van der Waals surface area (Å²) in [5.74, 6) is -1.51. The van der Waals surface area contributed by atoms with E-state index in [2.05, 4.69) is 5.32 Å². The largest absolute Gasteiger partial charge is 0.481 e. The van der Waals surface area contributed by atoms with Gasteiger partial charge in [0.1, 0.15) is 0 Å². The molecule has 0 aliphatic carbocycles. The van der Waals surface area contributed by atoms with Gasteiger partial charge in [-0.1, -0.05) is 0 Å². The molecule has 0 bridgehead atoms. The van der Waals surface area contributed by atoms with Gasteiger partial charge in [-0.05, 0) is 25.1 Å². The Morgan fingerprint density at radius 3 is 2.67 bits per heavy atom. The smallest absolute Gasteiger partial charge is 0.257 e. The molecule has 1 aromatic carbocycles. The summed E-state index contributed by atoms with van der Waals surface area (Å²) in [6.07, 6.45) is 0. The maximum Gasteiger partial charge on any atom is 0.257 e. The van der Waals surface area contributed by atoms with Crippen molar-refractivity contribution in [3.8, 4) is 5.75 Å². The number of primary sulfonamides is 1. The molecule has 18 heavy (non-hydrogen) atoms. The number of amides is 1. The van der Waals surface area contributed by atoms with Crippen molar-refractivity contribution in [2.45, 2.75) is 11.8 Å². The van der Waals surface area contributed by atoms with Crippen LogP contribution in [0.1, 0.15) is 6.92 Å². The minimum atomic E-state index is -3.96. The number of carbonyl (C=O) groups excluding carboxylic acids is 1. The van der Waals surface area contributed by atoms with Crippen LogP contribution in [0.25, 0.3) is 0 Å². The van der Waals surface area contributed by atoms with E-state index in [0.717, 1.165) is 18.2 Å². The average molecular weight is 276 g/mol. The molecule has 0 spiro atoms. The van der Waals surface area contributed by atoms with Crippen LogP contribution in [0, 0.1) is 5.82 Å². The molecule has 0 unspecified atom stereocenters. The van der Waals surface area contributed by atoms with Gasteiger partial charge in [0.05, 0.1) is 4.90 Å².